The van der Waals surface area contributed by atoms with Gasteiger partial charge < -0.3 is 0 Å². The Morgan fingerprint density at radius 3 is 2.79 bits per heavy atom. The number of halogens is 1. The molecular weight excluding hydrogens is 300 g/mol. The van der Waals surface area contributed by atoms with Crippen molar-refractivity contribution < 1.29 is 0 Å². The first kappa shape index (κ1) is 15.1. The highest BCUT2D eigenvalue weighted by molar-refractivity contribution is 9.09. The Kier molecular flexibility index (Phi) is 4.75. The van der Waals surface area contributed by atoms with Crippen molar-refractivity contribution in [3.63, 3.8) is 0 Å². The maximum atomic E-state index is 4.51. The summed E-state index contributed by atoms with van der Waals surface area (Å²) in [7, 11) is 0. The van der Waals surface area contributed by atoms with Gasteiger partial charge in [-0.05, 0) is 37.2 Å². The van der Waals surface area contributed by atoms with Crippen molar-refractivity contribution in [1.82, 2.24) is 9.78 Å². The summed E-state index contributed by atoms with van der Waals surface area (Å²) in [4.78, 5) is 0.635. The second kappa shape index (κ2) is 5.99. The highest BCUT2D eigenvalue weighted by Crippen LogP contribution is 2.45. The molecule has 1 aromatic rings. The Labute approximate surface area is 126 Å². The molecule has 1 aliphatic rings. The van der Waals surface area contributed by atoms with E-state index in [-0.39, 0.29) is 5.41 Å². The van der Waals surface area contributed by atoms with E-state index >= 15 is 0 Å². The molecule has 0 spiro atoms. The topological polar surface area (TPSA) is 17.8 Å². The van der Waals surface area contributed by atoms with Crippen molar-refractivity contribution in [2.75, 3.05) is 0 Å². The molecule has 1 fully saturated rings. The van der Waals surface area contributed by atoms with Crippen LogP contribution in [0.25, 0.3) is 0 Å². The maximum absolute atomic E-state index is 4.51. The monoisotopic (exact) mass is 326 g/mol. The van der Waals surface area contributed by atoms with Crippen LogP contribution in [0.15, 0.2) is 12.3 Å². The minimum absolute atomic E-state index is 0.194. The van der Waals surface area contributed by atoms with Crippen molar-refractivity contribution in [2.24, 2.45) is 11.8 Å². The van der Waals surface area contributed by atoms with Gasteiger partial charge in [-0.15, -0.1) is 0 Å². The van der Waals surface area contributed by atoms with Gasteiger partial charge in [0.2, 0.25) is 0 Å². The van der Waals surface area contributed by atoms with E-state index in [1.54, 1.807) is 0 Å². The van der Waals surface area contributed by atoms with Crippen LogP contribution in [-0.2, 0) is 12.0 Å². The third-order valence-electron chi connectivity index (χ3n) is 4.77. The molecule has 19 heavy (non-hydrogen) atoms. The molecule has 0 aromatic carbocycles. The SMILES string of the molecule is CCCn1nccc1C(C)(C)C1CCC(C)CC1Br. The first-order chi connectivity index (χ1) is 8.96. The zero-order valence-electron chi connectivity index (χ0n) is 12.7. The Bertz CT molecular complexity index is 411. The van der Waals surface area contributed by atoms with Crippen molar-refractivity contribution in [3.05, 3.63) is 18.0 Å². The van der Waals surface area contributed by atoms with Crippen LogP contribution in [0, 0.1) is 11.8 Å². The number of alkyl halides is 1. The van der Waals surface area contributed by atoms with Crippen LogP contribution in [0.3, 0.4) is 0 Å². The summed E-state index contributed by atoms with van der Waals surface area (Å²) in [5, 5.41) is 4.51. The molecule has 2 nitrogen and oxygen atoms in total. The van der Waals surface area contributed by atoms with Crippen LogP contribution in [-0.4, -0.2) is 14.6 Å². The summed E-state index contributed by atoms with van der Waals surface area (Å²) < 4.78 is 2.21. The van der Waals surface area contributed by atoms with Crippen LogP contribution in [0.4, 0.5) is 0 Å². The van der Waals surface area contributed by atoms with E-state index in [4.69, 9.17) is 0 Å². The lowest BCUT2D eigenvalue weighted by atomic mass is 9.67. The first-order valence-electron chi connectivity index (χ1n) is 7.63. The van der Waals surface area contributed by atoms with Crippen LogP contribution >= 0.6 is 15.9 Å². The second-order valence-electron chi connectivity index (χ2n) is 6.70. The molecule has 0 aliphatic heterocycles. The first-order valence-corrected chi connectivity index (χ1v) is 8.54. The van der Waals surface area contributed by atoms with Crippen LogP contribution in [0.1, 0.15) is 59.1 Å². The molecule has 0 N–H and O–H groups in total. The van der Waals surface area contributed by atoms with Gasteiger partial charge in [0.25, 0.3) is 0 Å². The minimum Gasteiger partial charge on any atom is -0.269 e. The van der Waals surface area contributed by atoms with E-state index in [1.807, 2.05) is 6.20 Å². The summed E-state index contributed by atoms with van der Waals surface area (Å²) in [5.74, 6) is 1.56. The molecule has 0 radical (unpaired) electrons. The summed E-state index contributed by atoms with van der Waals surface area (Å²) in [6.45, 7) is 10.4. The molecule has 1 aliphatic carbocycles. The zero-order valence-corrected chi connectivity index (χ0v) is 14.3. The third kappa shape index (κ3) is 3.07. The highest BCUT2D eigenvalue weighted by Gasteiger charge is 2.40. The van der Waals surface area contributed by atoms with Crippen molar-refractivity contribution >= 4 is 15.9 Å². The number of rotatable bonds is 4. The number of hydrogen-bond donors (Lipinski definition) is 0. The molecule has 1 heterocycles. The van der Waals surface area contributed by atoms with Gasteiger partial charge in [0.15, 0.2) is 0 Å². The number of aryl methyl sites for hydroxylation is 1. The smallest absolute Gasteiger partial charge is 0.0492 e. The summed E-state index contributed by atoms with van der Waals surface area (Å²) in [6.07, 6.45) is 7.08. The molecule has 3 unspecified atom stereocenters. The number of aromatic nitrogens is 2. The van der Waals surface area contributed by atoms with Gasteiger partial charge in [0.05, 0.1) is 0 Å². The van der Waals surface area contributed by atoms with Crippen molar-refractivity contribution in [2.45, 2.75) is 70.2 Å². The van der Waals surface area contributed by atoms with Crippen LogP contribution in [0.2, 0.25) is 0 Å². The van der Waals surface area contributed by atoms with Crippen LogP contribution in [0.5, 0.6) is 0 Å². The highest BCUT2D eigenvalue weighted by atomic mass is 79.9. The Hall–Kier alpha value is -0.310. The fraction of sp³-hybridized carbons (Fsp3) is 0.812. The summed E-state index contributed by atoms with van der Waals surface area (Å²) in [6, 6.07) is 2.22. The minimum atomic E-state index is 0.194. The van der Waals surface area contributed by atoms with E-state index in [2.05, 4.69) is 59.5 Å². The largest absolute Gasteiger partial charge is 0.269 e. The lowest BCUT2D eigenvalue weighted by Crippen LogP contribution is -2.40. The predicted octanol–water partition coefficient (Wildman–Crippen LogP) is 4.77. The zero-order chi connectivity index (χ0) is 14.0. The van der Waals surface area contributed by atoms with Gasteiger partial charge in [-0.2, -0.15) is 5.10 Å². The molecule has 0 saturated heterocycles. The average Bonchev–Trinajstić information content (AvgIpc) is 2.78. The van der Waals surface area contributed by atoms with E-state index in [0.29, 0.717) is 10.7 Å². The van der Waals surface area contributed by atoms with Gasteiger partial charge in [0.1, 0.15) is 0 Å². The molecule has 0 bridgehead atoms. The summed E-state index contributed by atoms with van der Waals surface area (Å²) >= 11 is 3.95. The van der Waals surface area contributed by atoms with Crippen molar-refractivity contribution in [3.8, 4) is 0 Å². The Morgan fingerprint density at radius 2 is 2.16 bits per heavy atom. The van der Waals surface area contributed by atoms with E-state index in [1.165, 1.54) is 25.0 Å². The van der Waals surface area contributed by atoms with E-state index in [0.717, 1.165) is 18.9 Å². The Balaban J connectivity index is 2.23. The van der Waals surface area contributed by atoms with Gasteiger partial charge in [-0.25, -0.2) is 0 Å². The lowest BCUT2D eigenvalue weighted by molar-refractivity contribution is 0.204. The molecule has 108 valence electrons. The summed E-state index contributed by atoms with van der Waals surface area (Å²) in [5.41, 5.74) is 1.60. The van der Waals surface area contributed by atoms with E-state index < -0.39 is 0 Å². The second-order valence-corrected chi connectivity index (χ2v) is 7.88. The standard InChI is InChI=1S/C16H27BrN2/c1-5-10-19-15(8-9-18-19)16(3,4)13-7-6-12(2)11-14(13)17/h8-9,12-14H,5-7,10-11H2,1-4H3. The van der Waals surface area contributed by atoms with Gasteiger partial charge in [-0.1, -0.05) is 50.0 Å². The van der Waals surface area contributed by atoms with Gasteiger partial charge in [-0.3, -0.25) is 4.68 Å². The van der Waals surface area contributed by atoms with Crippen molar-refractivity contribution in [1.29, 1.82) is 0 Å². The number of nitrogens with zero attached hydrogens (tertiary/aromatic N) is 2. The normalized spacial score (nSPS) is 28.6. The lowest BCUT2D eigenvalue weighted by Gasteiger charge is -2.42. The fourth-order valence-electron chi connectivity index (χ4n) is 3.58. The molecule has 3 heteroatoms. The average molecular weight is 327 g/mol. The molecule has 0 amide bonds. The predicted molar refractivity (Wildman–Crippen MR) is 84.8 cm³/mol. The molecule has 1 aromatic heterocycles. The molecular formula is C16H27BrN2. The quantitative estimate of drug-likeness (QED) is 0.728. The maximum Gasteiger partial charge on any atom is 0.0492 e. The molecule has 1 saturated carbocycles. The number of hydrogen-bond acceptors (Lipinski definition) is 1. The fourth-order valence-corrected chi connectivity index (χ4v) is 5.15. The molecule has 2 rings (SSSR count). The van der Waals surface area contributed by atoms with Gasteiger partial charge in [0, 0.05) is 28.7 Å². The van der Waals surface area contributed by atoms with Gasteiger partial charge >= 0.3 is 0 Å². The Morgan fingerprint density at radius 1 is 1.42 bits per heavy atom. The third-order valence-corrected chi connectivity index (χ3v) is 5.79. The van der Waals surface area contributed by atoms with Crippen LogP contribution < -0.4 is 0 Å². The van der Waals surface area contributed by atoms with E-state index in [9.17, 15) is 0 Å². The molecule has 3 atom stereocenters.